The molecule has 128 valence electrons. The molecule has 0 aromatic heterocycles. The van der Waals surface area contributed by atoms with Crippen molar-refractivity contribution in [3.8, 4) is 0 Å². The van der Waals surface area contributed by atoms with Gasteiger partial charge in [-0.25, -0.2) is 4.79 Å². The van der Waals surface area contributed by atoms with Crippen molar-refractivity contribution in [2.45, 2.75) is 0 Å². The minimum Gasteiger partial charge on any atom is -1.00 e. The summed E-state index contributed by atoms with van der Waals surface area (Å²) >= 11 is 0. The SMILES string of the molecule is COC(=O)C[P+](c1ccccc1)(c1ccccc1)c1ccccc1.[Cl-]. The maximum atomic E-state index is 12.4. The highest BCUT2D eigenvalue weighted by atomic mass is 35.5. The van der Waals surface area contributed by atoms with Crippen LogP contribution in [0, 0.1) is 0 Å². The number of esters is 1. The van der Waals surface area contributed by atoms with Crippen LogP contribution in [0.4, 0.5) is 0 Å². The number of carbonyl (C=O) groups is 1. The Morgan fingerprint density at radius 3 is 1.32 bits per heavy atom. The standard InChI is InChI=1S/C21H20O2P.ClH/c1-23-21(22)17-24(18-11-5-2-6-12-18,19-13-7-3-8-14-19)20-15-9-4-10-16-20;/h2-16H,17H2,1H3;1H/q+1;/p-1. The van der Waals surface area contributed by atoms with Gasteiger partial charge in [-0.3, -0.25) is 0 Å². The fourth-order valence-corrected chi connectivity index (χ4v) is 7.03. The summed E-state index contributed by atoms with van der Waals surface area (Å²) in [5.41, 5.74) is 0. The number of ether oxygens (including phenoxy) is 1. The number of benzene rings is 3. The van der Waals surface area contributed by atoms with Crippen LogP contribution in [-0.2, 0) is 9.53 Å². The third kappa shape index (κ3) is 3.92. The fraction of sp³-hybridized carbons (Fsp3) is 0.0952. The van der Waals surface area contributed by atoms with Gasteiger partial charge in [0, 0.05) is 0 Å². The van der Waals surface area contributed by atoms with Crippen molar-refractivity contribution in [2.24, 2.45) is 0 Å². The van der Waals surface area contributed by atoms with Crippen LogP contribution in [0.25, 0.3) is 0 Å². The molecule has 0 spiro atoms. The summed E-state index contributed by atoms with van der Waals surface area (Å²) in [7, 11) is -0.644. The van der Waals surface area contributed by atoms with Crippen LogP contribution < -0.4 is 28.3 Å². The van der Waals surface area contributed by atoms with Crippen LogP contribution in [-0.4, -0.2) is 19.2 Å². The first-order valence-electron chi connectivity index (χ1n) is 7.89. The van der Waals surface area contributed by atoms with Crippen molar-refractivity contribution in [1.29, 1.82) is 0 Å². The molecule has 0 atom stereocenters. The Bertz CT molecular complexity index is 695. The van der Waals surface area contributed by atoms with E-state index in [1.54, 1.807) is 0 Å². The van der Waals surface area contributed by atoms with Crippen LogP contribution in [0.5, 0.6) is 0 Å². The molecule has 0 bridgehead atoms. The van der Waals surface area contributed by atoms with Crippen LogP contribution in [0.3, 0.4) is 0 Å². The lowest BCUT2D eigenvalue weighted by Crippen LogP contribution is -3.00. The second-order valence-electron chi connectivity index (χ2n) is 5.55. The zero-order valence-corrected chi connectivity index (χ0v) is 15.7. The quantitative estimate of drug-likeness (QED) is 0.472. The first-order valence-corrected chi connectivity index (χ1v) is 9.86. The molecule has 0 amide bonds. The van der Waals surface area contributed by atoms with Gasteiger partial charge >= 0.3 is 5.97 Å². The van der Waals surface area contributed by atoms with Crippen molar-refractivity contribution < 1.29 is 21.9 Å². The normalized spacial score (nSPS) is 10.6. The molecule has 4 heteroatoms. The minimum atomic E-state index is -2.10. The number of hydrogen-bond donors (Lipinski definition) is 0. The molecule has 0 aliphatic heterocycles. The van der Waals surface area contributed by atoms with Gasteiger partial charge in [0.2, 0.25) is 0 Å². The highest BCUT2D eigenvalue weighted by Crippen LogP contribution is 2.55. The Kier molecular flexibility index (Phi) is 6.75. The largest absolute Gasteiger partial charge is 1.00 e. The molecule has 0 saturated heterocycles. The molecule has 0 aliphatic rings. The molecule has 0 fully saturated rings. The van der Waals surface area contributed by atoms with Gasteiger partial charge in [-0.1, -0.05) is 54.6 Å². The van der Waals surface area contributed by atoms with E-state index in [2.05, 4.69) is 36.4 Å². The molecule has 0 saturated carbocycles. The summed E-state index contributed by atoms with van der Waals surface area (Å²) in [5.74, 6) is -0.181. The van der Waals surface area contributed by atoms with E-state index in [1.807, 2.05) is 54.6 Å². The van der Waals surface area contributed by atoms with E-state index in [9.17, 15) is 4.79 Å². The number of carbonyl (C=O) groups excluding carboxylic acids is 1. The van der Waals surface area contributed by atoms with Crippen molar-refractivity contribution in [3.63, 3.8) is 0 Å². The fourth-order valence-electron chi connectivity index (χ4n) is 3.03. The van der Waals surface area contributed by atoms with E-state index in [1.165, 1.54) is 23.0 Å². The Hall–Kier alpha value is -2.15. The summed E-state index contributed by atoms with van der Waals surface area (Å²) in [5, 5.41) is 3.56. The molecule has 0 N–H and O–H groups in total. The lowest BCUT2D eigenvalue weighted by molar-refractivity contribution is -0.137. The molecule has 3 aromatic carbocycles. The summed E-state index contributed by atoms with van der Waals surface area (Å²) in [4.78, 5) is 12.4. The average molecular weight is 371 g/mol. The maximum Gasteiger partial charge on any atom is 0.344 e. The second-order valence-corrected chi connectivity index (χ2v) is 9.04. The third-order valence-electron chi connectivity index (χ3n) is 4.18. The Balaban J connectivity index is 0.00000225. The van der Waals surface area contributed by atoms with Crippen molar-refractivity contribution in [3.05, 3.63) is 91.0 Å². The zero-order valence-electron chi connectivity index (χ0n) is 14.0. The molecular weight excluding hydrogens is 351 g/mol. The number of halogens is 1. The molecule has 0 radical (unpaired) electrons. The highest BCUT2D eigenvalue weighted by molar-refractivity contribution is 7.96. The molecule has 3 aromatic rings. The topological polar surface area (TPSA) is 26.3 Å². The van der Waals surface area contributed by atoms with Gasteiger partial charge < -0.3 is 17.1 Å². The molecule has 25 heavy (non-hydrogen) atoms. The van der Waals surface area contributed by atoms with Gasteiger partial charge in [0.1, 0.15) is 23.2 Å². The minimum absolute atomic E-state index is 0. The first kappa shape index (κ1) is 19.2. The van der Waals surface area contributed by atoms with Gasteiger partial charge in [0.15, 0.2) is 6.16 Å². The van der Waals surface area contributed by atoms with E-state index in [4.69, 9.17) is 4.74 Å². The molecule has 0 unspecified atom stereocenters. The summed E-state index contributed by atoms with van der Waals surface area (Å²) in [6, 6.07) is 31.0. The molecule has 3 rings (SSSR count). The smallest absolute Gasteiger partial charge is 0.344 e. The van der Waals surface area contributed by atoms with E-state index in [0.717, 1.165) is 0 Å². The third-order valence-corrected chi connectivity index (χ3v) is 8.46. The monoisotopic (exact) mass is 370 g/mol. The average Bonchev–Trinajstić information content (AvgIpc) is 2.68. The number of rotatable bonds is 5. The van der Waals surface area contributed by atoms with Gasteiger partial charge in [0.05, 0.1) is 7.11 Å². The van der Waals surface area contributed by atoms with Crippen LogP contribution in [0.1, 0.15) is 0 Å². The number of methoxy groups -OCH3 is 1. The Labute approximate surface area is 155 Å². The van der Waals surface area contributed by atoms with Crippen LogP contribution >= 0.6 is 7.26 Å². The maximum absolute atomic E-state index is 12.4. The Morgan fingerprint density at radius 1 is 0.720 bits per heavy atom. The van der Waals surface area contributed by atoms with Gasteiger partial charge in [-0.05, 0) is 36.4 Å². The predicted octanol–water partition coefficient (Wildman–Crippen LogP) is 0.158. The van der Waals surface area contributed by atoms with Gasteiger partial charge in [-0.15, -0.1) is 0 Å². The lowest BCUT2D eigenvalue weighted by atomic mass is 10.4. The van der Waals surface area contributed by atoms with E-state index >= 15 is 0 Å². The van der Waals surface area contributed by atoms with E-state index < -0.39 is 7.26 Å². The van der Waals surface area contributed by atoms with Crippen molar-refractivity contribution in [2.75, 3.05) is 13.3 Å². The van der Waals surface area contributed by atoms with Crippen molar-refractivity contribution in [1.82, 2.24) is 0 Å². The summed E-state index contributed by atoms with van der Waals surface area (Å²) < 4.78 is 5.06. The zero-order chi connectivity index (χ0) is 16.8. The summed E-state index contributed by atoms with van der Waals surface area (Å²) in [6.07, 6.45) is 0.363. The number of hydrogen-bond acceptors (Lipinski definition) is 2. The summed E-state index contributed by atoms with van der Waals surface area (Å²) in [6.45, 7) is 0. The first-order chi connectivity index (χ1) is 11.8. The van der Waals surface area contributed by atoms with E-state index in [-0.39, 0.29) is 18.4 Å². The predicted molar refractivity (Wildman–Crippen MR) is 102 cm³/mol. The van der Waals surface area contributed by atoms with Crippen LogP contribution in [0.15, 0.2) is 91.0 Å². The van der Waals surface area contributed by atoms with Gasteiger partial charge in [-0.2, -0.15) is 0 Å². The Morgan fingerprint density at radius 2 is 1.04 bits per heavy atom. The molecule has 0 heterocycles. The van der Waals surface area contributed by atoms with Crippen LogP contribution in [0.2, 0.25) is 0 Å². The molecule has 0 aliphatic carbocycles. The molecule has 2 nitrogen and oxygen atoms in total. The molecular formula is C21H20ClO2P. The second kappa shape index (κ2) is 8.80. The van der Waals surface area contributed by atoms with E-state index in [0.29, 0.717) is 6.16 Å². The highest BCUT2D eigenvalue weighted by Gasteiger charge is 2.47. The van der Waals surface area contributed by atoms with Crippen molar-refractivity contribution >= 4 is 29.1 Å². The van der Waals surface area contributed by atoms with Gasteiger partial charge in [0.25, 0.3) is 0 Å². The lowest BCUT2D eigenvalue weighted by Gasteiger charge is -2.26.